The van der Waals surface area contributed by atoms with E-state index in [9.17, 15) is 0 Å². The average Bonchev–Trinajstić information content (AvgIpc) is 1.19. The fraction of sp³-hybridized carbons (Fsp3) is 0.857. The average molecular weight is 147 g/mol. The topological polar surface area (TPSA) is 23.9 Å². The summed E-state index contributed by atoms with van der Waals surface area (Å²) < 4.78 is 0.194. The zero-order chi connectivity index (χ0) is 8.08. The van der Waals surface area contributed by atoms with Crippen LogP contribution in [0, 0.1) is 5.41 Å². The number of nitrogens with one attached hydrogen (secondary N) is 1. The third kappa shape index (κ3) is 727000. The van der Waals surface area contributed by atoms with E-state index in [0.29, 0.717) is 5.71 Å². The Morgan fingerprint density at radius 3 is 1.22 bits per heavy atom. The molecule has 0 spiro atoms. The molecule has 0 aromatic carbocycles. The molecule has 9 heavy (non-hydrogen) atoms. The number of hydrogen-bond acceptors (Lipinski definition) is 2. The molecule has 0 aromatic rings. The molecule has 0 amide bonds. The second-order valence-corrected chi connectivity index (χ2v) is 4.51. The summed E-state index contributed by atoms with van der Waals surface area (Å²) in [6.45, 7) is 9.66. The maximum atomic E-state index is 6.50. The smallest absolute Gasteiger partial charge is 0.00449 e. The minimum Gasteiger partial charge on any atom is -0.310 e. The summed E-state index contributed by atoms with van der Waals surface area (Å²) in [6.07, 6.45) is 0. The first-order chi connectivity index (χ1) is 3.73. The molecule has 0 radical (unpaired) electrons. The van der Waals surface area contributed by atoms with E-state index in [1.807, 2.05) is 0 Å². The zero-order valence-corrected chi connectivity index (χ0v) is 7.84. The molecule has 0 saturated carbocycles. The monoisotopic (exact) mass is 147 g/mol. The van der Waals surface area contributed by atoms with Crippen molar-refractivity contribution in [2.45, 2.75) is 39.4 Å². The van der Waals surface area contributed by atoms with Gasteiger partial charge in [-0.3, -0.25) is 0 Å². The molecular weight excluding hydrogens is 130 g/mol. The number of thiol groups is 1. The molecule has 0 saturated heterocycles. The van der Waals surface area contributed by atoms with Gasteiger partial charge in [0.05, 0.1) is 0 Å². The zero-order valence-electron chi connectivity index (χ0n) is 6.95. The van der Waals surface area contributed by atoms with Crippen molar-refractivity contribution in [3.63, 3.8) is 0 Å². The Balaban J connectivity index is 0. The van der Waals surface area contributed by atoms with Gasteiger partial charge in [0.2, 0.25) is 0 Å². The SMILES string of the molecule is CC(C)(C)S.CC(C)=N. The normalized spacial score (nSPS) is 9.56. The van der Waals surface area contributed by atoms with Crippen molar-refractivity contribution in [3.05, 3.63) is 0 Å². The van der Waals surface area contributed by atoms with Gasteiger partial charge in [0.1, 0.15) is 0 Å². The number of rotatable bonds is 0. The lowest BCUT2D eigenvalue weighted by Crippen LogP contribution is -1.99. The lowest BCUT2D eigenvalue weighted by atomic mass is 10.3. The van der Waals surface area contributed by atoms with E-state index in [1.165, 1.54) is 0 Å². The van der Waals surface area contributed by atoms with Gasteiger partial charge in [-0.2, -0.15) is 12.6 Å². The van der Waals surface area contributed by atoms with Gasteiger partial charge in [0.15, 0.2) is 0 Å². The Morgan fingerprint density at radius 1 is 1.22 bits per heavy atom. The molecule has 0 heterocycles. The molecule has 1 nitrogen and oxygen atoms in total. The highest BCUT2D eigenvalue weighted by Crippen LogP contribution is 2.07. The Labute approximate surface area is 63.8 Å². The van der Waals surface area contributed by atoms with Crippen molar-refractivity contribution in [2.24, 2.45) is 0 Å². The molecular formula is C7H17NS. The van der Waals surface area contributed by atoms with Crippen LogP contribution in [0.1, 0.15) is 34.6 Å². The predicted molar refractivity (Wildman–Crippen MR) is 47.8 cm³/mol. The van der Waals surface area contributed by atoms with Crippen molar-refractivity contribution in [3.8, 4) is 0 Å². The van der Waals surface area contributed by atoms with Crippen LogP contribution in [0.2, 0.25) is 0 Å². The maximum Gasteiger partial charge on any atom is 0.00449 e. The van der Waals surface area contributed by atoms with Gasteiger partial charge >= 0.3 is 0 Å². The van der Waals surface area contributed by atoms with E-state index in [1.54, 1.807) is 13.8 Å². The van der Waals surface area contributed by atoms with Gasteiger partial charge in [0, 0.05) is 10.5 Å². The molecule has 0 unspecified atom stereocenters. The van der Waals surface area contributed by atoms with E-state index in [-0.39, 0.29) is 4.75 Å². The molecule has 0 rings (SSSR count). The van der Waals surface area contributed by atoms with E-state index in [0.717, 1.165) is 0 Å². The first-order valence-electron chi connectivity index (χ1n) is 2.97. The standard InChI is InChI=1S/C4H10S.C3H7N/c1-4(2,3)5;1-3(2)4/h5H,1-3H3;4H,1-2H3. The summed E-state index contributed by atoms with van der Waals surface area (Å²) in [4.78, 5) is 0. The van der Waals surface area contributed by atoms with Crippen LogP contribution >= 0.6 is 12.6 Å². The first kappa shape index (κ1) is 11.8. The molecule has 0 fully saturated rings. The summed E-state index contributed by atoms with van der Waals surface area (Å²) in [7, 11) is 0. The van der Waals surface area contributed by atoms with Gasteiger partial charge in [0.25, 0.3) is 0 Å². The highest BCUT2D eigenvalue weighted by molar-refractivity contribution is 7.81. The van der Waals surface area contributed by atoms with Gasteiger partial charge in [-0.15, -0.1) is 0 Å². The molecule has 56 valence electrons. The van der Waals surface area contributed by atoms with Crippen LogP contribution in [0.3, 0.4) is 0 Å². The van der Waals surface area contributed by atoms with E-state index in [2.05, 4.69) is 33.4 Å². The van der Waals surface area contributed by atoms with Crippen LogP contribution in [0.5, 0.6) is 0 Å². The Morgan fingerprint density at radius 2 is 1.22 bits per heavy atom. The van der Waals surface area contributed by atoms with Crippen LogP contribution in [0.15, 0.2) is 0 Å². The van der Waals surface area contributed by atoms with Gasteiger partial charge in [-0.1, -0.05) is 20.8 Å². The second kappa shape index (κ2) is 4.86. The lowest BCUT2D eigenvalue weighted by molar-refractivity contribution is 0.812. The van der Waals surface area contributed by atoms with Crippen molar-refractivity contribution >= 4 is 18.3 Å². The molecule has 1 N–H and O–H groups in total. The van der Waals surface area contributed by atoms with Crippen molar-refractivity contribution < 1.29 is 0 Å². The van der Waals surface area contributed by atoms with Crippen LogP contribution < -0.4 is 0 Å². The minimum atomic E-state index is 0.194. The summed E-state index contributed by atoms with van der Waals surface area (Å²) in [6, 6.07) is 0. The summed E-state index contributed by atoms with van der Waals surface area (Å²) in [5.74, 6) is 0. The summed E-state index contributed by atoms with van der Waals surface area (Å²) in [5.41, 5.74) is 0.667. The molecule has 0 aliphatic heterocycles. The van der Waals surface area contributed by atoms with Crippen molar-refractivity contribution in [1.29, 1.82) is 5.41 Å². The second-order valence-electron chi connectivity index (χ2n) is 3.17. The third-order valence-electron chi connectivity index (χ3n) is 0. The van der Waals surface area contributed by atoms with E-state index in [4.69, 9.17) is 5.41 Å². The molecule has 2 heteroatoms. The summed E-state index contributed by atoms with van der Waals surface area (Å²) in [5, 5.41) is 6.50. The van der Waals surface area contributed by atoms with E-state index < -0.39 is 0 Å². The molecule has 0 aliphatic rings. The Hall–Kier alpha value is 0.0200. The summed E-state index contributed by atoms with van der Waals surface area (Å²) >= 11 is 4.12. The quantitative estimate of drug-likeness (QED) is 0.389. The van der Waals surface area contributed by atoms with Crippen LogP contribution in [-0.4, -0.2) is 10.5 Å². The third-order valence-corrected chi connectivity index (χ3v) is 0. The first-order valence-corrected chi connectivity index (χ1v) is 3.42. The lowest BCUT2D eigenvalue weighted by Gasteiger charge is -2.04. The highest BCUT2D eigenvalue weighted by Gasteiger charge is 1.96. The largest absolute Gasteiger partial charge is 0.310 e. The van der Waals surface area contributed by atoms with Crippen LogP contribution in [-0.2, 0) is 0 Å². The van der Waals surface area contributed by atoms with E-state index >= 15 is 0 Å². The van der Waals surface area contributed by atoms with Crippen LogP contribution in [0.4, 0.5) is 0 Å². The fourth-order valence-electron chi connectivity index (χ4n) is 0. The number of hydrogen-bond donors (Lipinski definition) is 2. The van der Waals surface area contributed by atoms with Gasteiger partial charge in [-0.05, 0) is 13.8 Å². The van der Waals surface area contributed by atoms with Crippen LogP contribution in [0.25, 0.3) is 0 Å². The highest BCUT2D eigenvalue weighted by atomic mass is 32.1. The van der Waals surface area contributed by atoms with Crippen molar-refractivity contribution in [2.75, 3.05) is 0 Å². The van der Waals surface area contributed by atoms with Crippen molar-refractivity contribution in [1.82, 2.24) is 0 Å². The van der Waals surface area contributed by atoms with Gasteiger partial charge in [-0.25, -0.2) is 0 Å². The molecule has 0 aliphatic carbocycles. The minimum absolute atomic E-state index is 0.194. The molecule has 0 atom stereocenters. The maximum absolute atomic E-state index is 6.50. The molecule has 0 aromatic heterocycles. The Kier molecular flexibility index (Phi) is 6.35. The Bertz CT molecular complexity index is 71.4. The fourth-order valence-corrected chi connectivity index (χ4v) is 0. The molecule has 0 bridgehead atoms. The van der Waals surface area contributed by atoms with Gasteiger partial charge < -0.3 is 5.41 Å². The predicted octanol–water partition coefficient (Wildman–Crippen LogP) is 2.76.